The van der Waals surface area contributed by atoms with Gasteiger partial charge < -0.3 is 28.4 Å². The molecule has 9 heteroatoms. The van der Waals surface area contributed by atoms with Crippen LogP contribution in [0.25, 0.3) is 0 Å². The lowest BCUT2D eigenvalue weighted by molar-refractivity contribution is -0.145. The van der Waals surface area contributed by atoms with Crippen LogP contribution in [0.2, 0.25) is 0 Å². The summed E-state index contributed by atoms with van der Waals surface area (Å²) in [6.07, 6.45) is 5.04. The molecule has 1 saturated heterocycles. The molecule has 1 unspecified atom stereocenters. The highest BCUT2D eigenvalue weighted by atomic mass is 33.1. The Morgan fingerprint density at radius 2 is 1.34 bits per heavy atom. The molecular formula is C20H38O7S2. The minimum absolute atomic E-state index is 0.127. The Labute approximate surface area is 183 Å². The van der Waals surface area contributed by atoms with Crippen molar-refractivity contribution in [1.82, 2.24) is 0 Å². The van der Waals surface area contributed by atoms with Crippen LogP contribution < -0.4 is 0 Å². The summed E-state index contributed by atoms with van der Waals surface area (Å²) in [6, 6.07) is 0. The minimum atomic E-state index is -0.127. The van der Waals surface area contributed by atoms with Gasteiger partial charge in [-0.1, -0.05) is 28.0 Å². The van der Waals surface area contributed by atoms with Gasteiger partial charge in [-0.15, -0.1) is 0 Å². The number of rotatable bonds is 21. The largest absolute Gasteiger partial charge is 0.463 e. The summed E-state index contributed by atoms with van der Waals surface area (Å²) in [5, 5.41) is 0.781. The molecule has 1 heterocycles. The van der Waals surface area contributed by atoms with Gasteiger partial charge in [-0.25, -0.2) is 0 Å². The molecule has 1 aliphatic rings. The Morgan fingerprint density at radius 3 is 1.86 bits per heavy atom. The van der Waals surface area contributed by atoms with E-state index < -0.39 is 0 Å². The Kier molecular flexibility index (Phi) is 19.8. The van der Waals surface area contributed by atoms with Crippen LogP contribution in [0.3, 0.4) is 0 Å². The third-order valence-corrected chi connectivity index (χ3v) is 7.07. The standard InChI is InChI=1S/C20H38O7S2/c1-2-22-8-9-23-10-11-24-12-13-25-14-15-26-16-17-27-20(21)6-4-3-5-19-7-18-28-29-19/h19H,2-18H2,1H3. The molecule has 7 nitrogen and oxygen atoms in total. The second-order valence-corrected chi connectivity index (χ2v) is 9.23. The normalized spacial score (nSPS) is 16.4. The smallest absolute Gasteiger partial charge is 0.305 e. The van der Waals surface area contributed by atoms with Gasteiger partial charge in [0.1, 0.15) is 6.61 Å². The maximum absolute atomic E-state index is 11.6. The van der Waals surface area contributed by atoms with Gasteiger partial charge >= 0.3 is 5.97 Å². The first-order valence-corrected chi connectivity index (χ1v) is 13.0. The zero-order chi connectivity index (χ0) is 20.8. The molecule has 0 bridgehead atoms. The molecule has 1 fully saturated rings. The molecule has 0 saturated carbocycles. The van der Waals surface area contributed by atoms with Crippen LogP contribution in [0.1, 0.15) is 39.0 Å². The van der Waals surface area contributed by atoms with Gasteiger partial charge in [0.25, 0.3) is 0 Å². The third-order valence-electron chi connectivity index (χ3n) is 4.07. The van der Waals surface area contributed by atoms with E-state index in [0.29, 0.717) is 79.1 Å². The van der Waals surface area contributed by atoms with Gasteiger partial charge in [-0.3, -0.25) is 4.79 Å². The number of unbranched alkanes of at least 4 members (excludes halogenated alkanes) is 1. The molecule has 1 atom stereocenters. The van der Waals surface area contributed by atoms with E-state index in [1.165, 1.54) is 18.6 Å². The first-order valence-electron chi connectivity index (χ1n) is 10.7. The zero-order valence-corrected chi connectivity index (χ0v) is 19.4. The molecule has 0 spiro atoms. The van der Waals surface area contributed by atoms with Crippen LogP contribution in [0.4, 0.5) is 0 Å². The van der Waals surface area contributed by atoms with Crippen molar-refractivity contribution >= 4 is 27.6 Å². The van der Waals surface area contributed by atoms with Crippen molar-refractivity contribution in [3.05, 3.63) is 0 Å². The highest BCUT2D eigenvalue weighted by Crippen LogP contribution is 2.39. The van der Waals surface area contributed by atoms with Crippen molar-refractivity contribution in [2.24, 2.45) is 0 Å². The quantitative estimate of drug-likeness (QED) is 0.147. The van der Waals surface area contributed by atoms with Crippen molar-refractivity contribution in [3.63, 3.8) is 0 Å². The molecule has 0 aliphatic carbocycles. The second-order valence-electron chi connectivity index (χ2n) is 6.44. The minimum Gasteiger partial charge on any atom is -0.463 e. The van der Waals surface area contributed by atoms with Crippen LogP contribution in [0.5, 0.6) is 0 Å². The SMILES string of the molecule is CCOCCOCCOCCOCCOCCOC(=O)CCCCC1CCSS1. The molecule has 0 amide bonds. The summed E-state index contributed by atoms with van der Waals surface area (Å²) in [4.78, 5) is 11.6. The van der Waals surface area contributed by atoms with Crippen LogP contribution in [0.15, 0.2) is 0 Å². The Morgan fingerprint density at radius 1 is 0.793 bits per heavy atom. The van der Waals surface area contributed by atoms with Crippen molar-refractivity contribution < 1.29 is 33.2 Å². The molecule has 172 valence electrons. The monoisotopic (exact) mass is 454 g/mol. The van der Waals surface area contributed by atoms with Crippen molar-refractivity contribution in [1.29, 1.82) is 0 Å². The Bertz CT molecular complexity index is 369. The second kappa shape index (κ2) is 21.2. The molecule has 0 radical (unpaired) electrons. The summed E-state index contributed by atoms with van der Waals surface area (Å²) in [5.74, 6) is 1.14. The predicted molar refractivity (Wildman–Crippen MR) is 118 cm³/mol. The molecule has 29 heavy (non-hydrogen) atoms. The van der Waals surface area contributed by atoms with E-state index in [1.54, 1.807) is 0 Å². The molecular weight excluding hydrogens is 416 g/mol. The maximum atomic E-state index is 11.6. The van der Waals surface area contributed by atoms with Gasteiger partial charge in [-0.2, -0.15) is 0 Å². The average Bonchev–Trinajstić information content (AvgIpc) is 3.24. The predicted octanol–water partition coefficient (Wildman–Crippen LogP) is 3.35. The first kappa shape index (κ1) is 27.0. The molecule has 0 aromatic rings. The van der Waals surface area contributed by atoms with Gasteiger partial charge in [0.2, 0.25) is 0 Å². The summed E-state index contributed by atoms with van der Waals surface area (Å²) in [7, 11) is 3.95. The van der Waals surface area contributed by atoms with Crippen molar-refractivity contribution in [3.8, 4) is 0 Å². The summed E-state index contributed by atoms with van der Waals surface area (Å²) < 4.78 is 31.9. The summed E-state index contributed by atoms with van der Waals surface area (Å²) in [6.45, 7) is 7.75. The lowest BCUT2D eigenvalue weighted by atomic mass is 10.1. The lowest BCUT2D eigenvalue weighted by Crippen LogP contribution is -2.15. The fraction of sp³-hybridized carbons (Fsp3) is 0.950. The number of carbonyl (C=O) groups is 1. The molecule has 0 N–H and O–H groups in total. The highest BCUT2D eigenvalue weighted by molar-refractivity contribution is 8.77. The van der Waals surface area contributed by atoms with E-state index >= 15 is 0 Å². The van der Waals surface area contributed by atoms with Crippen LogP contribution in [-0.2, 0) is 33.2 Å². The van der Waals surface area contributed by atoms with Crippen LogP contribution in [0, 0.1) is 0 Å². The number of carbonyl (C=O) groups excluding carboxylic acids is 1. The Hall–Kier alpha value is -0.0300. The number of esters is 1. The van der Waals surface area contributed by atoms with Crippen molar-refractivity contribution in [2.75, 3.05) is 78.4 Å². The van der Waals surface area contributed by atoms with E-state index in [2.05, 4.69) is 0 Å². The zero-order valence-electron chi connectivity index (χ0n) is 17.8. The summed E-state index contributed by atoms with van der Waals surface area (Å²) >= 11 is 0. The maximum Gasteiger partial charge on any atom is 0.305 e. The summed E-state index contributed by atoms with van der Waals surface area (Å²) in [5.41, 5.74) is 0. The van der Waals surface area contributed by atoms with Crippen molar-refractivity contribution in [2.45, 2.75) is 44.3 Å². The van der Waals surface area contributed by atoms with Gasteiger partial charge in [0.05, 0.1) is 59.5 Å². The molecule has 0 aromatic carbocycles. The van der Waals surface area contributed by atoms with E-state index in [9.17, 15) is 4.79 Å². The molecule has 1 rings (SSSR count). The third kappa shape index (κ3) is 18.5. The fourth-order valence-electron chi connectivity index (χ4n) is 2.52. The first-order chi connectivity index (χ1) is 14.3. The van der Waals surface area contributed by atoms with Gasteiger partial charge in [-0.05, 0) is 26.2 Å². The average molecular weight is 455 g/mol. The van der Waals surface area contributed by atoms with E-state index in [1.807, 2.05) is 28.5 Å². The van der Waals surface area contributed by atoms with Crippen LogP contribution >= 0.6 is 21.6 Å². The topological polar surface area (TPSA) is 72.5 Å². The molecule has 0 aromatic heterocycles. The lowest BCUT2D eigenvalue weighted by Gasteiger charge is -2.08. The highest BCUT2D eigenvalue weighted by Gasteiger charge is 2.15. The number of hydrogen-bond acceptors (Lipinski definition) is 9. The fourth-order valence-corrected chi connectivity index (χ4v) is 5.54. The van der Waals surface area contributed by atoms with E-state index in [4.69, 9.17) is 28.4 Å². The van der Waals surface area contributed by atoms with Gasteiger partial charge in [0, 0.05) is 24.0 Å². The molecule has 1 aliphatic heterocycles. The Balaban J connectivity index is 1.69. The number of hydrogen-bond donors (Lipinski definition) is 0. The van der Waals surface area contributed by atoms with Gasteiger partial charge in [0.15, 0.2) is 0 Å². The van der Waals surface area contributed by atoms with Crippen LogP contribution in [-0.4, -0.2) is 89.6 Å². The van der Waals surface area contributed by atoms with E-state index in [-0.39, 0.29) is 5.97 Å². The van der Waals surface area contributed by atoms with E-state index in [0.717, 1.165) is 18.1 Å². The number of ether oxygens (including phenoxy) is 6.